The molecule has 0 saturated carbocycles. The van der Waals surface area contributed by atoms with E-state index in [0.29, 0.717) is 36.6 Å². The van der Waals surface area contributed by atoms with Crippen LogP contribution in [-0.2, 0) is 14.8 Å². The molecule has 1 aliphatic heterocycles. The summed E-state index contributed by atoms with van der Waals surface area (Å²) in [5.41, 5.74) is -0.0746. The lowest BCUT2D eigenvalue weighted by Gasteiger charge is -2.42. The highest BCUT2D eigenvalue weighted by molar-refractivity contribution is 7.89. The van der Waals surface area contributed by atoms with Gasteiger partial charge in [0.1, 0.15) is 0 Å². The third-order valence-corrected chi connectivity index (χ3v) is 5.94. The molecule has 24 heavy (non-hydrogen) atoms. The maximum Gasteiger partial charge on any atom is 0.241 e. The van der Waals surface area contributed by atoms with Gasteiger partial charge in [-0.25, -0.2) is 13.1 Å². The lowest BCUT2D eigenvalue weighted by Crippen LogP contribution is -2.54. The number of morpholine rings is 1. The molecule has 0 bridgehead atoms. The van der Waals surface area contributed by atoms with E-state index in [0.717, 1.165) is 11.9 Å². The van der Waals surface area contributed by atoms with E-state index < -0.39 is 10.0 Å². The number of hydrogen-bond acceptors (Lipinski definition) is 5. The molecule has 1 fully saturated rings. The van der Waals surface area contributed by atoms with Crippen LogP contribution in [0.5, 0.6) is 0 Å². The van der Waals surface area contributed by atoms with Gasteiger partial charge in [-0.15, -0.1) is 0 Å². The van der Waals surface area contributed by atoms with Gasteiger partial charge in [-0.3, -0.25) is 9.88 Å². The quantitative estimate of drug-likeness (QED) is 0.888. The number of nitrogens with one attached hydrogen (secondary N) is 1. The molecule has 1 aromatic heterocycles. The predicted octanol–water partition coefficient (Wildman–Crippen LogP) is 1.62. The number of aromatic nitrogens is 1. The number of benzene rings is 1. The summed E-state index contributed by atoms with van der Waals surface area (Å²) in [6, 6.07) is 6.96. The van der Waals surface area contributed by atoms with E-state index in [-0.39, 0.29) is 5.54 Å². The Labute approximate surface area is 142 Å². The van der Waals surface area contributed by atoms with E-state index in [1.807, 2.05) is 6.07 Å². The fraction of sp³-hybridized carbons (Fsp3) is 0.471. The molecule has 0 amide bonds. The van der Waals surface area contributed by atoms with Crippen LogP contribution in [-0.4, -0.2) is 56.7 Å². The Morgan fingerprint density at radius 2 is 2.17 bits per heavy atom. The summed E-state index contributed by atoms with van der Waals surface area (Å²) in [5, 5.41) is 1.50. The predicted molar refractivity (Wildman–Crippen MR) is 93.4 cm³/mol. The van der Waals surface area contributed by atoms with Crippen LogP contribution in [0, 0.1) is 0 Å². The molecule has 1 saturated heterocycles. The Bertz CT molecular complexity index is 815. The Morgan fingerprint density at radius 1 is 1.33 bits per heavy atom. The van der Waals surface area contributed by atoms with E-state index in [2.05, 4.69) is 28.5 Å². The lowest BCUT2D eigenvalue weighted by molar-refractivity contribution is -0.0495. The summed E-state index contributed by atoms with van der Waals surface area (Å²) in [6.45, 7) is 7.41. The van der Waals surface area contributed by atoms with Crippen LogP contribution < -0.4 is 4.72 Å². The molecule has 7 heteroatoms. The first-order chi connectivity index (χ1) is 11.4. The van der Waals surface area contributed by atoms with Crippen LogP contribution in [0.1, 0.15) is 13.8 Å². The summed E-state index contributed by atoms with van der Waals surface area (Å²) >= 11 is 0. The maximum absolute atomic E-state index is 12.7. The maximum atomic E-state index is 12.7. The smallest absolute Gasteiger partial charge is 0.241 e. The molecule has 1 N–H and O–H groups in total. The molecule has 130 valence electrons. The number of nitrogens with zero attached hydrogens (tertiary/aromatic N) is 2. The third-order valence-electron chi connectivity index (χ3n) is 4.42. The topological polar surface area (TPSA) is 71.5 Å². The first-order valence-corrected chi connectivity index (χ1v) is 9.54. The molecule has 0 radical (unpaired) electrons. The molecule has 2 aromatic rings. The zero-order valence-corrected chi connectivity index (χ0v) is 14.8. The number of pyridine rings is 1. The second kappa shape index (κ2) is 6.76. The first kappa shape index (κ1) is 17.3. The van der Waals surface area contributed by atoms with Gasteiger partial charge in [0.05, 0.1) is 18.1 Å². The van der Waals surface area contributed by atoms with E-state index in [1.165, 1.54) is 0 Å². The van der Waals surface area contributed by atoms with E-state index >= 15 is 0 Å². The van der Waals surface area contributed by atoms with Gasteiger partial charge in [0.25, 0.3) is 0 Å². The van der Waals surface area contributed by atoms with Gasteiger partial charge < -0.3 is 4.74 Å². The van der Waals surface area contributed by atoms with E-state index in [1.54, 1.807) is 30.6 Å². The molecule has 3 rings (SSSR count). The van der Waals surface area contributed by atoms with Gasteiger partial charge in [0, 0.05) is 48.3 Å². The minimum atomic E-state index is -3.56. The van der Waals surface area contributed by atoms with Gasteiger partial charge in [0.15, 0.2) is 0 Å². The van der Waals surface area contributed by atoms with Crippen LogP contribution >= 0.6 is 0 Å². The second-order valence-corrected chi connectivity index (χ2v) is 8.34. The van der Waals surface area contributed by atoms with Crippen LogP contribution in [0.4, 0.5) is 0 Å². The fourth-order valence-corrected chi connectivity index (χ4v) is 4.27. The van der Waals surface area contributed by atoms with Gasteiger partial charge in [-0.1, -0.05) is 12.1 Å². The Kier molecular flexibility index (Phi) is 4.87. The minimum Gasteiger partial charge on any atom is -0.378 e. The number of sulfonamides is 1. The Balaban J connectivity index is 1.72. The van der Waals surface area contributed by atoms with Crippen LogP contribution in [0.25, 0.3) is 10.8 Å². The van der Waals surface area contributed by atoms with Gasteiger partial charge >= 0.3 is 0 Å². The fourth-order valence-electron chi connectivity index (χ4n) is 3.02. The highest BCUT2D eigenvalue weighted by atomic mass is 32.2. The highest BCUT2D eigenvalue weighted by Gasteiger charge is 2.30. The third kappa shape index (κ3) is 3.59. The van der Waals surface area contributed by atoms with Crippen molar-refractivity contribution in [2.45, 2.75) is 24.3 Å². The van der Waals surface area contributed by atoms with Crippen molar-refractivity contribution in [2.75, 3.05) is 32.8 Å². The van der Waals surface area contributed by atoms with Crippen molar-refractivity contribution in [3.63, 3.8) is 0 Å². The number of ether oxygens (including phenoxy) is 1. The Morgan fingerprint density at radius 3 is 2.96 bits per heavy atom. The summed E-state index contributed by atoms with van der Waals surface area (Å²) in [4.78, 5) is 6.59. The molecule has 1 aromatic carbocycles. The minimum absolute atomic E-state index is 0.0746. The number of hydrogen-bond donors (Lipinski definition) is 1. The highest BCUT2D eigenvalue weighted by Crippen LogP contribution is 2.22. The number of fused-ring (bicyclic) bond motifs is 1. The molecule has 1 aliphatic rings. The van der Waals surface area contributed by atoms with Crippen molar-refractivity contribution in [3.8, 4) is 0 Å². The summed E-state index contributed by atoms with van der Waals surface area (Å²) in [5.74, 6) is 0. The average molecular weight is 349 g/mol. The zero-order valence-electron chi connectivity index (χ0n) is 14.0. The van der Waals surface area contributed by atoms with Crippen LogP contribution in [0.15, 0.2) is 41.6 Å². The van der Waals surface area contributed by atoms with E-state index in [9.17, 15) is 8.42 Å². The molecule has 0 aliphatic carbocycles. The largest absolute Gasteiger partial charge is 0.378 e. The van der Waals surface area contributed by atoms with Gasteiger partial charge in [0.2, 0.25) is 10.0 Å². The summed E-state index contributed by atoms with van der Waals surface area (Å²) in [6.07, 6.45) is 3.28. The monoisotopic (exact) mass is 349 g/mol. The summed E-state index contributed by atoms with van der Waals surface area (Å²) in [7, 11) is -3.56. The molecule has 0 atom stereocenters. The molecular weight excluding hydrogens is 326 g/mol. The molecule has 0 unspecified atom stereocenters. The number of rotatable bonds is 5. The molecular formula is C17H23N3O3S. The first-order valence-electron chi connectivity index (χ1n) is 8.05. The SMILES string of the molecule is CC1(C)COCCN1CCNS(=O)(=O)c1cccc2cnccc12. The molecule has 2 heterocycles. The summed E-state index contributed by atoms with van der Waals surface area (Å²) < 4.78 is 33.6. The second-order valence-electron chi connectivity index (χ2n) is 6.60. The lowest BCUT2D eigenvalue weighted by atomic mass is 10.0. The zero-order chi connectivity index (χ0) is 17.2. The molecule has 6 nitrogen and oxygen atoms in total. The Hall–Kier alpha value is -1.54. The molecule has 0 spiro atoms. The van der Waals surface area contributed by atoms with Crippen molar-refractivity contribution in [3.05, 3.63) is 36.7 Å². The van der Waals surface area contributed by atoms with Crippen LogP contribution in [0.3, 0.4) is 0 Å². The standard InChI is InChI=1S/C17H23N3O3S/c1-17(2)13-23-11-10-20(17)9-8-19-24(21,22)16-5-3-4-14-12-18-7-6-15(14)16/h3-7,12,19H,8-11,13H2,1-2H3. The van der Waals surface area contributed by atoms with Crippen molar-refractivity contribution in [2.24, 2.45) is 0 Å². The normalized spacial score (nSPS) is 18.8. The van der Waals surface area contributed by atoms with Crippen LogP contribution in [0.2, 0.25) is 0 Å². The van der Waals surface area contributed by atoms with E-state index in [4.69, 9.17) is 4.74 Å². The van der Waals surface area contributed by atoms with Gasteiger partial charge in [-0.05, 0) is 26.0 Å². The van der Waals surface area contributed by atoms with Gasteiger partial charge in [-0.2, -0.15) is 0 Å². The van der Waals surface area contributed by atoms with Crippen molar-refractivity contribution < 1.29 is 13.2 Å². The van der Waals surface area contributed by atoms with Crippen molar-refractivity contribution in [1.29, 1.82) is 0 Å². The van der Waals surface area contributed by atoms with Crippen molar-refractivity contribution in [1.82, 2.24) is 14.6 Å². The van der Waals surface area contributed by atoms with Crippen molar-refractivity contribution >= 4 is 20.8 Å². The average Bonchev–Trinajstić information content (AvgIpc) is 2.55.